The monoisotopic (exact) mass is 280 g/mol. The largest absolute Gasteiger partial charge is 0.465 e. The normalized spacial score (nSPS) is 37.4. The van der Waals surface area contributed by atoms with Crippen LogP contribution in [0.25, 0.3) is 0 Å². The van der Waals surface area contributed by atoms with E-state index in [-0.39, 0.29) is 16.8 Å². The molecule has 2 aliphatic rings. The zero-order valence-corrected chi connectivity index (χ0v) is 13.7. The second-order valence-corrected chi connectivity index (χ2v) is 7.30. The zero-order valence-electron chi connectivity index (χ0n) is 13.7. The summed E-state index contributed by atoms with van der Waals surface area (Å²) in [4.78, 5) is 12.5. The fourth-order valence-electron chi connectivity index (χ4n) is 4.73. The van der Waals surface area contributed by atoms with E-state index in [4.69, 9.17) is 4.74 Å². The van der Waals surface area contributed by atoms with Gasteiger partial charge in [0.05, 0.1) is 12.0 Å². The highest BCUT2D eigenvalue weighted by molar-refractivity contribution is 5.80. The van der Waals surface area contributed by atoms with Gasteiger partial charge < -0.3 is 4.74 Å². The van der Waals surface area contributed by atoms with Crippen molar-refractivity contribution in [3.05, 3.63) is 0 Å². The van der Waals surface area contributed by atoms with Gasteiger partial charge in [-0.2, -0.15) is 0 Å². The predicted octanol–water partition coefficient (Wildman–Crippen LogP) is 5.11. The van der Waals surface area contributed by atoms with Crippen LogP contribution in [-0.2, 0) is 9.53 Å². The van der Waals surface area contributed by atoms with Crippen molar-refractivity contribution < 1.29 is 9.53 Å². The molecule has 0 aromatic heterocycles. The molecule has 0 aromatic carbocycles. The van der Waals surface area contributed by atoms with Crippen molar-refractivity contribution in [3.8, 4) is 0 Å². The lowest BCUT2D eigenvalue weighted by molar-refractivity contribution is -0.150. The summed E-state index contributed by atoms with van der Waals surface area (Å²) in [7, 11) is 0. The minimum Gasteiger partial charge on any atom is -0.465 e. The number of carbonyl (C=O) groups excluding carboxylic acids is 1. The summed E-state index contributed by atoms with van der Waals surface area (Å²) >= 11 is 0. The van der Waals surface area contributed by atoms with Gasteiger partial charge in [0, 0.05) is 5.41 Å². The van der Waals surface area contributed by atoms with Crippen LogP contribution in [0.4, 0.5) is 0 Å². The van der Waals surface area contributed by atoms with Gasteiger partial charge in [0.15, 0.2) is 0 Å². The molecule has 0 aromatic rings. The summed E-state index contributed by atoms with van der Waals surface area (Å²) in [5, 5.41) is 0. The molecule has 2 heteroatoms. The highest BCUT2D eigenvalue weighted by Crippen LogP contribution is 2.59. The highest BCUT2D eigenvalue weighted by atomic mass is 16.5. The summed E-state index contributed by atoms with van der Waals surface area (Å²) < 4.78 is 5.62. The number of ether oxygens (including phenoxy) is 1. The maximum Gasteiger partial charge on any atom is 0.312 e. The number of hydrogen-bond acceptors (Lipinski definition) is 2. The Morgan fingerprint density at radius 2 is 2.05 bits per heavy atom. The smallest absolute Gasteiger partial charge is 0.312 e. The topological polar surface area (TPSA) is 26.3 Å². The van der Waals surface area contributed by atoms with Crippen LogP contribution >= 0.6 is 0 Å². The molecule has 116 valence electrons. The standard InChI is InChI=1S/C18H32O2/c1-4-6-7-8-11-17(5-2)14-20-16(19)18(17)12-9-10-15(3)13-18/h15H,4-14H2,1-3H3. The third kappa shape index (κ3) is 2.63. The first-order chi connectivity index (χ1) is 9.60. The number of unbranched alkanes of at least 4 members (excludes halogenated alkanes) is 3. The lowest BCUT2D eigenvalue weighted by Gasteiger charge is -2.46. The first kappa shape index (κ1) is 15.9. The molecule has 2 fully saturated rings. The Balaban J connectivity index is 2.14. The van der Waals surface area contributed by atoms with Gasteiger partial charge in [-0.3, -0.25) is 4.79 Å². The second kappa shape index (κ2) is 6.49. The van der Waals surface area contributed by atoms with Crippen LogP contribution < -0.4 is 0 Å². The Labute approximate surface area is 124 Å². The van der Waals surface area contributed by atoms with Crippen molar-refractivity contribution in [2.24, 2.45) is 16.7 Å². The Morgan fingerprint density at radius 1 is 1.25 bits per heavy atom. The van der Waals surface area contributed by atoms with Gasteiger partial charge >= 0.3 is 5.97 Å². The molecule has 3 unspecified atom stereocenters. The molecule has 1 spiro atoms. The molecule has 1 saturated heterocycles. The molecule has 2 nitrogen and oxygen atoms in total. The summed E-state index contributed by atoms with van der Waals surface area (Å²) in [5.74, 6) is 0.803. The molecular weight excluding hydrogens is 248 g/mol. The van der Waals surface area contributed by atoms with Crippen LogP contribution in [0, 0.1) is 16.7 Å². The van der Waals surface area contributed by atoms with Crippen molar-refractivity contribution in [2.75, 3.05) is 6.61 Å². The van der Waals surface area contributed by atoms with Crippen LogP contribution in [0.3, 0.4) is 0 Å². The van der Waals surface area contributed by atoms with E-state index in [0.29, 0.717) is 12.5 Å². The molecule has 1 aliphatic heterocycles. The molecule has 1 aliphatic carbocycles. The van der Waals surface area contributed by atoms with Gasteiger partial charge in [-0.05, 0) is 31.6 Å². The van der Waals surface area contributed by atoms with Crippen LogP contribution in [-0.4, -0.2) is 12.6 Å². The SMILES string of the molecule is CCCCCCC1(CC)COC(=O)C12CCCC(C)C2. The fourth-order valence-corrected chi connectivity index (χ4v) is 4.73. The van der Waals surface area contributed by atoms with Gasteiger partial charge in [-0.25, -0.2) is 0 Å². The summed E-state index contributed by atoms with van der Waals surface area (Å²) in [6.45, 7) is 7.51. The molecule has 0 bridgehead atoms. The Bertz CT molecular complexity index is 338. The van der Waals surface area contributed by atoms with E-state index in [1.165, 1.54) is 44.9 Å². The molecule has 2 rings (SSSR count). The fraction of sp³-hybridized carbons (Fsp3) is 0.944. The third-order valence-corrected chi connectivity index (χ3v) is 6.07. The van der Waals surface area contributed by atoms with Gasteiger partial charge in [-0.15, -0.1) is 0 Å². The van der Waals surface area contributed by atoms with Crippen LogP contribution in [0.5, 0.6) is 0 Å². The predicted molar refractivity (Wildman–Crippen MR) is 82.5 cm³/mol. The summed E-state index contributed by atoms with van der Waals surface area (Å²) in [6.07, 6.45) is 12.0. The van der Waals surface area contributed by atoms with Crippen LogP contribution in [0.1, 0.15) is 85.0 Å². The third-order valence-electron chi connectivity index (χ3n) is 6.07. The Hall–Kier alpha value is -0.530. The van der Waals surface area contributed by atoms with Crippen molar-refractivity contribution in [1.29, 1.82) is 0 Å². The summed E-state index contributed by atoms with van der Waals surface area (Å²) in [6, 6.07) is 0. The Kier molecular flexibility index (Phi) is 5.14. The molecule has 3 atom stereocenters. The van der Waals surface area contributed by atoms with E-state index in [0.717, 1.165) is 19.3 Å². The van der Waals surface area contributed by atoms with Gasteiger partial charge in [0.25, 0.3) is 0 Å². The zero-order chi connectivity index (χ0) is 14.6. The first-order valence-corrected chi connectivity index (χ1v) is 8.77. The molecule has 0 N–H and O–H groups in total. The number of rotatable bonds is 6. The number of esters is 1. The second-order valence-electron chi connectivity index (χ2n) is 7.30. The average Bonchev–Trinajstić information content (AvgIpc) is 2.70. The maximum absolute atomic E-state index is 12.5. The van der Waals surface area contributed by atoms with Gasteiger partial charge in [0.1, 0.15) is 0 Å². The van der Waals surface area contributed by atoms with E-state index in [1.807, 2.05) is 0 Å². The molecule has 1 heterocycles. The first-order valence-electron chi connectivity index (χ1n) is 8.77. The number of hydrogen-bond donors (Lipinski definition) is 0. The van der Waals surface area contributed by atoms with E-state index in [2.05, 4.69) is 20.8 Å². The van der Waals surface area contributed by atoms with E-state index in [1.54, 1.807) is 0 Å². The van der Waals surface area contributed by atoms with Crippen molar-refractivity contribution >= 4 is 5.97 Å². The van der Waals surface area contributed by atoms with Crippen LogP contribution in [0.2, 0.25) is 0 Å². The lowest BCUT2D eigenvalue weighted by atomic mass is 9.54. The molecule has 0 amide bonds. The van der Waals surface area contributed by atoms with Gasteiger partial charge in [-0.1, -0.05) is 59.3 Å². The number of cyclic esters (lactones) is 1. The average molecular weight is 280 g/mol. The minimum absolute atomic E-state index is 0.126. The highest BCUT2D eigenvalue weighted by Gasteiger charge is 2.61. The summed E-state index contributed by atoms with van der Waals surface area (Å²) in [5.41, 5.74) is -0.0157. The maximum atomic E-state index is 12.5. The van der Waals surface area contributed by atoms with Crippen LogP contribution in [0.15, 0.2) is 0 Å². The number of carbonyl (C=O) groups is 1. The van der Waals surface area contributed by atoms with Gasteiger partial charge in [0.2, 0.25) is 0 Å². The lowest BCUT2D eigenvalue weighted by Crippen LogP contribution is -2.46. The van der Waals surface area contributed by atoms with E-state index >= 15 is 0 Å². The van der Waals surface area contributed by atoms with Crippen molar-refractivity contribution in [1.82, 2.24) is 0 Å². The minimum atomic E-state index is -0.147. The molecule has 1 saturated carbocycles. The van der Waals surface area contributed by atoms with E-state index < -0.39 is 0 Å². The van der Waals surface area contributed by atoms with Crippen molar-refractivity contribution in [2.45, 2.75) is 85.0 Å². The molecule has 20 heavy (non-hydrogen) atoms. The van der Waals surface area contributed by atoms with Crippen molar-refractivity contribution in [3.63, 3.8) is 0 Å². The Morgan fingerprint density at radius 3 is 2.70 bits per heavy atom. The van der Waals surface area contributed by atoms with E-state index in [9.17, 15) is 4.79 Å². The molecule has 0 radical (unpaired) electrons. The molecular formula is C18H32O2. The quantitative estimate of drug-likeness (QED) is 0.499.